The van der Waals surface area contributed by atoms with E-state index in [-0.39, 0.29) is 17.3 Å². The largest absolute Gasteiger partial charge is 0.371 e. The highest BCUT2D eigenvalue weighted by Gasteiger charge is 2.19. The Bertz CT molecular complexity index is 584. The molecule has 0 bridgehead atoms. The van der Waals surface area contributed by atoms with Crippen LogP contribution in [0.3, 0.4) is 0 Å². The van der Waals surface area contributed by atoms with Crippen LogP contribution in [0.4, 0.5) is 5.69 Å². The second kappa shape index (κ2) is 6.72. The third-order valence-electron chi connectivity index (χ3n) is 2.50. The quantitative estimate of drug-likeness (QED) is 0.644. The topological polar surface area (TPSA) is 89.5 Å². The first kappa shape index (κ1) is 15.7. The summed E-state index contributed by atoms with van der Waals surface area (Å²) in [5.41, 5.74) is 5.76. The van der Waals surface area contributed by atoms with E-state index < -0.39 is 10.8 Å². The first-order valence-corrected chi connectivity index (χ1v) is 6.00. The van der Waals surface area contributed by atoms with Crippen molar-refractivity contribution in [3.05, 3.63) is 51.2 Å². The van der Waals surface area contributed by atoms with Crippen LogP contribution < -0.4 is 5.73 Å². The van der Waals surface area contributed by atoms with Crippen molar-refractivity contribution in [1.29, 1.82) is 0 Å². The Balaban J connectivity index is 3.24. The Morgan fingerprint density at radius 2 is 2.25 bits per heavy atom. The van der Waals surface area contributed by atoms with Gasteiger partial charge >= 0.3 is 0 Å². The molecule has 106 valence electrons. The van der Waals surface area contributed by atoms with Crippen LogP contribution in [0, 0.1) is 10.1 Å². The van der Waals surface area contributed by atoms with Crippen molar-refractivity contribution in [2.24, 2.45) is 5.73 Å². The van der Waals surface area contributed by atoms with Crippen molar-refractivity contribution in [3.63, 3.8) is 0 Å². The maximum atomic E-state index is 11.1. The van der Waals surface area contributed by atoms with Crippen LogP contribution in [0.25, 0.3) is 12.2 Å². The molecule has 6 nitrogen and oxygen atoms in total. The standard InChI is InChI=1S/C13H14ClN3O3/c1-3-9-4-5-11(14)13(17(19)20)10(9)6-7-16(2)8-12(15)18/h3-7H,1,8H2,2H3,(H2,15,18)/b7-6-. The Morgan fingerprint density at radius 1 is 1.60 bits per heavy atom. The van der Waals surface area contributed by atoms with Crippen LogP contribution in [-0.2, 0) is 4.79 Å². The summed E-state index contributed by atoms with van der Waals surface area (Å²) in [6.45, 7) is 3.62. The zero-order valence-corrected chi connectivity index (χ0v) is 11.6. The van der Waals surface area contributed by atoms with Gasteiger partial charge in [-0.15, -0.1) is 0 Å². The van der Waals surface area contributed by atoms with Gasteiger partial charge in [-0.25, -0.2) is 0 Å². The molecule has 0 saturated heterocycles. The average molecular weight is 296 g/mol. The van der Waals surface area contributed by atoms with Gasteiger partial charge in [0.2, 0.25) is 5.91 Å². The van der Waals surface area contributed by atoms with Crippen molar-refractivity contribution in [2.45, 2.75) is 0 Å². The van der Waals surface area contributed by atoms with Gasteiger partial charge in [-0.05, 0) is 17.7 Å². The number of hydrogen-bond donors (Lipinski definition) is 1. The van der Waals surface area contributed by atoms with E-state index in [1.807, 2.05) is 0 Å². The summed E-state index contributed by atoms with van der Waals surface area (Å²) in [5.74, 6) is -0.498. The molecular formula is C13H14ClN3O3. The number of primary amides is 1. The minimum Gasteiger partial charge on any atom is -0.371 e. The molecule has 7 heteroatoms. The lowest BCUT2D eigenvalue weighted by Crippen LogP contribution is -2.26. The summed E-state index contributed by atoms with van der Waals surface area (Å²) < 4.78 is 0. The van der Waals surface area contributed by atoms with Crippen LogP contribution in [0.5, 0.6) is 0 Å². The van der Waals surface area contributed by atoms with Crippen molar-refractivity contribution in [1.82, 2.24) is 4.90 Å². The van der Waals surface area contributed by atoms with E-state index in [4.69, 9.17) is 17.3 Å². The molecule has 0 aliphatic rings. The molecule has 1 aromatic rings. The fourth-order valence-electron chi connectivity index (χ4n) is 1.64. The SMILES string of the molecule is C=Cc1ccc(Cl)c([N+](=O)[O-])c1/C=C\N(C)CC(N)=O. The van der Waals surface area contributed by atoms with Gasteiger partial charge in [0.05, 0.1) is 17.0 Å². The zero-order valence-electron chi connectivity index (χ0n) is 10.9. The van der Waals surface area contributed by atoms with E-state index >= 15 is 0 Å². The van der Waals surface area contributed by atoms with Crippen molar-refractivity contribution < 1.29 is 9.72 Å². The molecule has 0 aliphatic carbocycles. The summed E-state index contributed by atoms with van der Waals surface area (Å²) in [4.78, 5) is 22.8. The lowest BCUT2D eigenvalue weighted by atomic mass is 10.1. The number of hydrogen-bond acceptors (Lipinski definition) is 4. The maximum absolute atomic E-state index is 11.1. The van der Waals surface area contributed by atoms with Crippen molar-refractivity contribution >= 4 is 35.3 Å². The first-order chi connectivity index (χ1) is 9.36. The molecule has 1 amide bonds. The lowest BCUT2D eigenvalue weighted by molar-refractivity contribution is -0.384. The van der Waals surface area contributed by atoms with Gasteiger partial charge < -0.3 is 10.6 Å². The molecule has 0 spiro atoms. The lowest BCUT2D eigenvalue weighted by Gasteiger charge is -2.11. The molecule has 1 aromatic carbocycles. The van der Waals surface area contributed by atoms with Crippen LogP contribution in [0.1, 0.15) is 11.1 Å². The number of nitro groups is 1. The fourth-order valence-corrected chi connectivity index (χ4v) is 1.87. The van der Waals surface area contributed by atoms with Gasteiger partial charge in [0.15, 0.2) is 0 Å². The number of rotatable bonds is 6. The molecule has 0 radical (unpaired) electrons. The smallest absolute Gasteiger partial charge is 0.295 e. The maximum Gasteiger partial charge on any atom is 0.295 e. The Kier molecular flexibility index (Phi) is 5.28. The monoisotopic (exact) mass is 295 g/mol. The predicted molar refractivity (Wildman–Crippen MR) is 79.1 cm³/mol. The molecule has 0 aromatic heterocycles. The molecule has 0 atom stereocenters. The van der Waals surface area contributed by atoms with E-state index in [2.05, 4.69) is 6.58 Å². The number of likely N-dealkylation sites (N-methyl/N-ethyl adjacent to an activating group) is 1. The van der Waals surface area contributed by atoms with Crippen LogP contribution in [-0.4, -0.2) is 29.3 Å². The fraction of sp³-hybridized carbons (Fsp3) is 0.154. The highest BCUT2D eigenvalue weighted by atomic mass is 35.5. The summed E-state index contributed by atoms with van der Waals surface area (Å²) in [6.07, 6.45) is 4.53. The van der Waals surface area contributed by atoms with Crippen LogP contribution in [0.15, 0.2) is 24.9 Å². The molecule has 0 fully saturated rings. The molecule has 2 N–H and O–H groups in total. The van der Waals surface area contributed by atoms with Gasteiger partial charge in [0.25, 0.3) is 5.69 Å². The van der Waals surface area contributed by atoms with Gasteiger partial charge in [-0.1, -0.05) is 30.3 Å². The van der Waals surface area contributed by atoms with Gasteiger partial charge in [0.1, 0.15) is 5.02 Å². The summed E-state index contributed by atoms with van der Waals surface area (Å²) >= 11 is 5.86. The molecule has 0 saturated carbocycles. The van der Waals surface area contributed by atoms with Gasteiger partial charge in [0, 0.05) is 13.2 Å². The number of nitro benzene ring substituents is 1. The van der Waals surface area contributed by atoms with Crippen LogP contribution >= 0.6 is 11.6 Å². The van der Waals surface area contributed by atoms with Crippen molar-refractivity contribution in [3.8, 4) is 0 Å². The summed E-state index contributed by atoms with van der Waals surface area (Å²) in [5, 5.41) is 11.1. The third-order valence-corrected chi connectivity index (χ3v) is 2.81. The van der Waals surface area contributed by atoms with E-state index in [0.717, 1.165) is 0 Å². The van der Waals surface area contributed by atoms with E-state index in [1.165, 1.54) is 29.3 Å². The molecule has 1 rings (SSSR count). The normalized spacial score (nSPS) is 10.5. The third kappa shape index (κ3) is 3.83. The average Bonchev–Trinajstić information content (AvgIpc) is 2.34. The second-order valence-electron chi connectivity index (χ2n) is 4.06. The number of amides is 1. The van der Waals surface area contributed by atoms with Crippen LogP contribution in [0.2, 0.25) is 5.02 Å². The number of nitrogens with zero attached hydrogens (tertiary/aromatic N) is 2. The summed E-state index contributed by atoms with van der Waals surface area (Å²) in [7, 11) is 1.63. The van der Waals surface area contributed by atoms with E-state index in [9.17, 15) is 14.9 Å². The Hall–Kier alpha value is -2.34. The Labute approximate surface area is 121 Å². The minimum absolute atomic E-state index is 0.00822. The first-order valence-electron chi connectivity index (χ1n) is 5.63. The second-order valence-corrected chi connectivity index (χ2v) is 4.46. The van der Waals surface area contributed by atoms with E-state index in [1.54, 1.807) is 13.1 Å². The Morgan fingerprint density at radius 3 is 2.75 bits per heavy atom. The molecule has 0 aliphatic heterocycles. The van der Waals surface area contributed by atoms with E-state index in [0.29, 0.717) is 11.1 Å². The predicted octanol–water partition coefficient (Wildman–Crippen LogP) is 2.28. The molecular weight excluding hydrogens is 282 g/mol. The zero-order chi connectivity index (χ0) is 15.3. The highest BCUT2D eigenvalue weighted by Crippen LogP contribution is 2.32. The molecule has 0 heterocycles. The number of carbonyl (C=O) groups excluding carboxylic acids is 1. The number of benzene rings is 1. The summed E-state index contributed by atoms with van der Waals surface area (Å²) in [6, 6.07) is 3.08. The number of nitrogens with two attached hydrogens (primary N) is 1. The van der Waals surface area contributed by atoms with Gasteiger partial charge in [-0.2, -0.15) is 0 Å². The molecule has 0 unspecified atom stereocenters. The highest BCUT2D eigenvalue weighted by molar-refractivity contribution is 6.33. The molecule has 20 heavy (non-hydrogen) atoms. The number of carbonyl (C=O) groups is 1. The van der Waals surface area contributed by atoms with Crippen molar-refractivity contribution in [2.75, 3.05) is 13.6 Å². The van der Waals surface area contributed by atoms with Gasteiger partial charge in [-0.3, -0.25) is 14.9 Å². The minimum atomic E-state index is -0.552. The number of halogens is 1.